The van der Waals surface area contributed by atoms with Crippen molar-refractivity contribution in [2.75, 3.05) is 37.9 Å². The van der Waals surface area contributed by atoms with Crippen molar-refractivity contribution in [2.45, 2.75) is 12.0 Å². The normalized spacial score (nSPS) is 22.4. The molecule has 0 amide bonds. The Bertz CT molecular complexity index is 472. The van der Waals surface area contributed by atoms with Gasteiger partial charge in [0.1, 0.15) is 17.0 Å². The third-order valence-electron chi connectivity index (χ3n) is 3.22. The molecule has 19 heavy (non-hydrogen) atoms. The predicted molar refractivity (Wildman–Crippen MR) is 69.3 cm³/mol. The monoisotopic (exact) mass is 267 g/mol. The first-order valence-electron chi connectivity index (χ1n) is 5.92. The van der Waals surface area contributed by atoms with Gasteiger partial charge in [-0.2, -0.15) is 0 Å². The molecule has 104 valence electrons. The third kappa shape index (κ3) is 2.94. The van der Waals surface area contributed by atoms with Crippen LogP contribution in [0.1, 0.15) is 16.8 Å². The summed E-state index contributed by atoms with van der Waals surface area (Å²) in [6.45, 7) is 1.55. The standard InChI is InChI=1S/C12H17N3O4/c1-18-12(2-3-19-7-12)6-15-10-9(11(16)17)4-8(13)5-14-10/h4-5H,2-3,6-7,13H2,1H3,(H,14,15)(H,16,17). The smallest absolute Gasteiger partial charge is 0.339 e. The van der Waals surface area contributed by atoms with E-state index in [2.05, 4.69) is 10.3 Å². The van der Waals surface area contributed by atoms with Gasteiger partial charge in [0.05, 0.1) is 18.5 Å². The van der Waals surface area contributed by atoms with Gasteiger partial charge in [0.2, 0.25) is 0 Å². The van der Waals surface area contributed by atoms with Crippen LogP contribution >= 0.6 is 0 Å². The molecule has 2 rings (SSSR count). The second kappa shape index (κ2) is 5.41. The van der Waals surface area contributed by atoms with Gasteiger partial charge in [-0.3, -0.25) is 0 Å². The first-order valence-corrected chi connectivity index (χ1v) is 5.92. The van der Waals surface area contributed by atoms with E-state index in [9.17, 15) is 4.79 Å². The molecule has 0 spiro atoms. The Kier molecular flexibility index (Phi) is 3.87. The number of carboxylic acids is 1. The fourth-order valence-corrected chi connectivity index (χ4v) is 1.99. The Morgan fingerprint density at radius 1 is 1.74 bits per heavy atom. The molecule has 0 saturated carbocycles. The van der Waals surface area contributed by atoms with E-state index < -0.39 is 11.6 Å². The van der Waals surface area contributed by atoms with Crippen molar-refractivity contribution in [1.82, 2.24) is 4.98 Å². The number of nitrogens with two attached hydrogens (primary N) is 1. The first-order chi connectivity index (χ1) is 9.06. The number of nitrogen functional groups attached to an aromatic ring is 1. The van der Waals surface area contributed by atoms with E-state index >= 15 is 0 Å². The number of aromatic nitrogens is 1. The van der Waals surface area contributed by atoms with Gasteiger partial charge in [-0.1, -0.05) is 0 Å². The average Bonchev–Trinajstić information content (AvgIpc) is 2.86. The third-order valence-corrected chi connectivity index (χ3v) is 3.22. The van der Waals surface area contributed by atoms with Gasteiger partial charge in [-0.15, -0.1) is 0 Å². The molecular formula is C12H17N3O4. The van der Waals surface area contributed by atoms with Crippen molar-refractivity contribution < 1.29 is 19.4 Å². The van der Waals surface area contributed by atoms with Crippen LogP contribution < -0.4 is 11.1 Å². The van der Waals surface area contributed by atoms with Crippen molar-refractivity contribution >= 4 is 17.5 Å². The minimum absolute atomic E-state index is 0.0465. The number of anilines is 2. The molecule has 1 aromatic heterocycles. The molecule has 2 heterocycles. The van der Waals surface area contributed by atoms with Crippen LogP contribution in [0.5, 0.6) is 0 Å². The molecule has 4 N–H and O–H groups in total. The SMILES string of the molecule is COC1(CNc2ncc(N)cc2C(=O)O)CCOC1. The molecule has 7 nitrogen and oxygen atoms in total. The number of rotatable bonds is 5. The lowest BCUT2D eigenvalue weighted by Crippen LogP contribution is -2.40. The second-order valence-electron chi connectivity index (χ2n) is 4.51. The maximum atomic E-state index is 11.1. The number of carboxylic acid groups (broad SMARTS) is 1. The van der Waals surface area contributed by atoms with E-state index in [0.717, 1.165) is 6.42 Å². The number of nitrogens with zero attached hydrogens (tertiary/aromatic N) is 1. The van der Waals surface area contributed by atoms with Gasteiger partial charge >= 0.3 is 5.97 Å². The summed E-state index contributed by atoms with van der Waals surface area (Å²) in [5.41, 5.74) is 5.47. The van der Waals surface area contributed by atoms with Gasteiger partial charge in [0.15, 0.2) is 0 Å². The number of aromatic carboxylic acids is 1. The van der Waals surface area contributed by atoms with E-state index in [0.29, 0.717) is 25.4 Å². The van der Waals surface area contributed by atoms with E-state index in [4.69, 9.17) is 20.3 Å². The maximum Gasteiger partial charge on any atom is 0.339 e. The molecule has 1 aliphatic rings. The zero-order valence-corrected chi connectivity index (χ0v) is 10.7. The van der Waals surface area contributed by atoms with E-state index in [1.807, 2.05) is 0 Å². The minimum atomic E-state index is -1.07. The van der Waals surface area contributed by atoms with Crippen LogP contribution in [0.2, 0.25) is 0 Å². The minimum Gasteiger partial charge on any atom is -0.478 e. The summed E-state index contributed by atoms with van der Waals surface area (Å²) in [6.07, 6.45) is 2.17. The van der Waals surface area contributed by atoms with Crippen LogP contribution in [0, 0.1) is 0 Å². The lowest BCUT2D eigenvalue weighted by atomic mass is 10.0. The number of carbonyl (C=O) groups is 1. The van der Waals surface area contributed by atoms with Crippen molar-refractivity contribution in [3.8, 4) is 0 Å². The van der Waals surface area contributed by atoms with Crippen molar-refractivity contribution in [3.63, 3.8) is 0 Å². The van der Waals surface area contributed by atoms with Crippen LogP contribution in [0.3, 0.4) is 0 Å². The number of nitrogens with one attached hydrogen (secondary N) is 1. The Morgan fingerprint density at radius 3 is 3.11 bits per heavy atom. The molecule has 7 heteroatoms. The largest absolute Gasteiger partial charge is 0.478 e. The van der Waals surface area contributed by atoms with Crippen LogP contribution in [0.4, 0.5) is 11.5 Å². The van der Waals surface area contributed by atoms with Crippen LogP contribution in [-0.2, 0) is 9.47 Å². The summed E-state index contributed by atoms with van der Waals surface area (Å²) >= 11 is 0. The number of hydrogen-bond donors (Lipinski definition) is 3. The highest BCUT2D eigenvalue weighted by Gasteiger charge is 2.35. The van der Waals surface area contributed by atoms with Crippen molar-refractivity contribution in [2.24, 2.45) is 0 Å². The Balaban J connectivity index is 2.13. The van der Waals surface area contributed by atoms with Crippen molar-refractivity contribution in [3.05, 3.63) is 17.8 Å². The average molecular weight is 267 g/mol. The quantitative estimate of drug-likeness (QED) is 0.716. The van der Waals surface area contributed by atoms with Gasteiger partial charge in [-0.05, 0) is 6.07 Å². The highest BCUT2D eigenvalue weighted by atomic mass is 16.5. The molecule has 0 aromatic carbocycles. The molecule has 1 fully saturated rings. The van der Waals surface area contributed by atoms with Gasteiger partial charge in [0, 0.05) is 26.7 Å². The zero-order valence-electron chi connectivity index (χ0n) is 10.7. The summed E-state index contributed by atoms with van der Waals surface area (Å²) in [4.78, 5) is 15.1. The summed E-state index contributed by atoms with van der Waals surface area (Å²) < 4.78 is 10.8. The summed E-state index contributed by atoms with van der Waals surface area (Å²) in [6, 6.07) is 1.38. The molecule has 1 aromatic rings. The Labute approximate surface area is 110 Å². The molecule has 1 saturated heterocycles. The Morgan fingerprint density at radius 2 is 2.53 bits per heavy atom. The highest BCUT2D eigenvalue weighted by Crippen LogP contribution is 2.24. The van der Waals surface area contributed by atoms with Crippen molar-refractivity contribution in [1.29, 1.82) is 0 Å². The predicted octanol–water partition coefficient (Wildman–Crippen LogP) is 0.579. The van der Waals surface area contributed by atoms with Gasteiger partial charge < -0.3 is 25.6 Å². The molecular weight excluding hydrogens is 250 g/mol. The second-order valence-corrected chi connectivity index (χ2v) is 4.51. The molecule has 0 aliphatic carbocycles. The fraction of sp³-hybridized carbons (Fsp3) is 0.500. The van der Waals surface area contributed by atoms with Crippen LogP contribution in [0.25, 0.3) is 0 Å². The van der Waals surface area contributed by atoms with E-state index in [1.165, 1.54) is 12.3 Å². The molecule has 1 atom stereocenters. The van der Waals surface area contributed by atoms with E-state index in [1.54, 1.807) is 7.11 Å². The zero-order chi connectivity index (χ0) is 13.9. The van der Waals surface area contributed by atoms with Gasteiger partial charge in [-0.25, -0.2) is 9.78 Å². The highest BCUT2D eigenvalue weighted by molar-refractivity contribution is 5.94. The Hall–Kier alpha value is -1.86. The number of ether oxygens (including phenoxy) is 2. The molecule has 1 aliphatic heterocycles. The summed E-state index contributed by atoms with van der Waals surface area (Å²) in [5, 5.41) is 12.1. The van der Waals surface area contributed by atoms with Crippen LogP contribution in [-0.4, -0.2) is 48.5 Å². The first kappa shape index (κ1) is 13.6. The van der Waals surface area contributed by atoms with Crippen LogP contribution in [0.15, 0.2) is 12.3 Å². The lowest BCUT2D eigenvalue weighted by Gasteiger charge is -2.26. The number of hydrogen-bond acceptors (Lipinski definition) is 6. The molecule has 0 radical (unpaired) electrons. The van der Waals surface area contributed by atoms with E-state index in [-0.39, 0.29) is 11.4 Å². The summed E-state index contributed by atoms with van der Waals surface area (Å²) in [7, 11) is 1.62. The number of pyridine rings is 1. The fourth-order valence-electron chi connectivity index (χ4n) is 1.99. The van der Waals surface area contributed by atoms with Gasteiger partial charge in [0.25, 0.3) is 0 Å². The molecule has 0 bridgehead atoms. The number of methoxy groups -OCH3 is 1. The summed E-state index contributed by atoms with van der Waals surface area (Å²) in [5.74, 6) is -0.790. The lowest BCUT2D eigenvalue weighted by molar-refractivity contribution is -0.00627. The maximum absolute atomic E-state index is 11.1. The topological polar surface area (TPSA) is 107 Å². The molecule has 1 unspecified atom stereocenters.